The van der Waals surface area contributed by atoms with Crippen LogP contribution in [0.2, 0.25) is 0 Å². The quantitative estimate of drug-likeness (QED) is 0.310. The Kier molecular flexibility index (Phi) is 6.88. The fourth-order valence-corrected chi connectivity index (χ4v) is 6.19. The van der Waals surface area contributed by atoms with Crippen molar-refractivity contribution in [1.29, 1.82) is 0 Å². The average Bonchev–Trinajstić information content (AvgIpc) is 3.40. The van der Waals surface area contributed by atoms with Gasteiger partial charge in [-0.3, -0.25) is 4.79 Å². The molecule has 0 radical (unpaired) electrons. The van der Waals surface area contributed by atoms with Crippen LogP contribution in [0.15, 0.2) is 51.3 Å². The number of allylic oxidation sites excluding steroid dienone is 1. The third-order valence-electron chi connectivity index (χ3n) is 8.60. The van der Waals surface area contributed by atoms with Gasteiger partial charge < -0.3 is 29.8 Å². The van der Waals surface area contributed by atoms with Crippen LogP contribution in [0.25, 0.3) is 11.0 Å². The molecule has 2 aliphatic rings. The van der Waals surface area contributed by atoms with E-state index in [4.69, 9.17) is 19.6 Å². The minimum absolute atomic E-state index is 0.00334. The smallest absolute Gasteiger partial charge is 0.333 e. The highest BCUT2D eigenvalue weighted by Gasteiger charge is 2.59. The molecule has 1 aromatic carbocycles. The fraction of sp³-hybridized carbons (Fsp3) is 0.433. The molecular formula is C30H34N2O7. The Labute approximate surface area is 226 Å². The van der Waals surface area contributed by atoms with Gasteiger partial charge in [0.2, 0.25) is 0 Å². The van der Waals surface area contributed by atoms with Gasteiger partial charge in [0, 0.05) is 41.3 Å². The molecule has 2 aromatic heterocycles. The van der Waals surface area contributed by atoms with Crippen molar-refractivity contribution >= 4 is 22.8 Å². The maximum atomic E-state index is 13.1. The van der Waals surface area contributed by atoms with Crippen molar-refractivity contribution in [3.05, 3.63) is 69.2 Å². The molecule has 2 atom stereocenters. The summed E-state index contributed by atoms with van der Waals surface area (Å²) in [5, 5.41) is 20.8. The highest BCUT2D eigenvalue weighted by molar-refractivity contribution is 5.88. The fourth-order valence-electron chi connectivity index (χ4n) is 6.19. The number of phenolic OH excluding ortho intramolecular Hbond substituents is 1. The largest absolute Gasteiger partial charge is 0.507 e. The molecule has 206 valence electrons. The summed E-state index contributed by atoms with van der Waals surface area (Å²) in [6.45, 7) is 4.98. The van der Waals surface area contributed by atoms with Crippen molar-refractivity contribution in [2.24, 2.45) is 5.41 Å². The summed E-state index contributed by atoms with van der Waals surface area (Å²) in [7, 11) is 0. The number of aliphatic hydroxyl groups is 1. The topological polar surface area (TPSA) is 145 Å². The minimum atomic E-state index is -0.990. The Bertz CT molecular complexity index is 1500. The number of carbonyl (C=O) groups excluding carboxylic acids is 1. The normalized spacial score (nSPS) is 22.4. The summed E-state index contributed by atoms with van der Waals surface area (Å²) in [5.41, 5.74) is 5.90. The minimum Gasteiger partial charge on any atom is -0.507 e. The first-order valence-electron chi connectivity index (χ1n) is 13.3. The number of anilines is 1. The van der Waals surface area contributed by atoms with Crippen LogP contribution in [0.5, 0.6) is 11.5 Å². The van der Waals surface area contributed by atoms with E-state index in [1.54, 1.807) is 38.3 Å². The second-order valence-electron chi connectivity index (χ2n) is 10.8. The van der Waals surface area contributed by atoms with E-state index in [-0.39, 0.29) is 28.9 Å². The zero-order valence-corrected chi connectivity index (χ0v) is 22.5. The molecule has 0 amide bonds. The third-order valence-corrected chi connectivity index (χ3v) is 8.60. The molecule has 1 aliphatic heterocycles. The number of hydrogen-bond donors (Lipinski definition) is 3. The standard InChI is InChI=1S/C30H34N2O7/c1-4-17(2)28(36)38-24-12-20-22(13-23-26(27(20)35)21(34)11-19(16-33)37-23)39-29(24,3)30(9-5-6-10-30)14-18-7-8-25(31)32-15-18/h4,7-8,11,13,15,24,33,35H,5-6,9-10,12,14,16H2,1-3H3,(H2,31,32). The molecule has 0 spiro atoms. The number of aromatic hydroxyl groups is 1. The number of pyridine rings is 1. The van der Waals surface area contributed by atoms with Crippen molar-refractivity contribution in [3.8, 4) is 11.5 Å². The Hall–Kier alpha value is -3.85. The number of carbonyl (C=O) groups is 1. The van der Waals surface area contributed by atoms with Crippen molar-refractivity contribution in [2.45, 2.75) is 77.6 Å². The summed E-state index contributed by atoms with van der Waals surface area (Å²) in [5.74, 6) is 0.151. The second-order valence-corrected chi connectivity index (χ2v) is 10.8. The SMILES string of the molecule is CC=C(C)C(=O)OC1Cc2c(cc3oc(CO)cc(=O)c3c2O)OC1(C)C1(Cc2ccc(N)nc2)CCCC1. The van der Waals surface area contributed by atoms with Crippen LogP contribution >= 0.6 is 0 Å². The monoisotopic (exact) mass is 534 g/mol. The first-order chi connectivity index (χ1) is 18.6. The third kappa shape index (κ3) is 4.54. The van der Waals surface area contributed by atoms with E-state index >= 15 is 0 Å². The molecule has 3 heterocycles. The van der Waals surface area contributed by atoms with Crippen LogP contribution in [0.3, 0.4) is 0 Å². The van der Waals surface area contributed by atoms with Gasteiger partial charge >= 0.3 is 5.97 Å². The van der Waals surface area contributed by atoms with Crippen LogP contribution in [-0.2, 0) is 29.0 Å². The van der Waals surface area contributed by atoms with E-state index in [0.717, 1.165) is 37.3 Å². The number of phenols is 1. The number of esters is 1. The van der Waals surface area contributed by atoms with Gasteiger partial charge in [0.05, 0.1) is 0 Å². The lowest BCUT2D eigenvalue weighted by atomic mass is 9.63. The van der Waals surface area contributed by atoms with Crippen LogP contribution in [0.1, 0.15) is 63.3 Å². The summed E-state index contributed by atoms with van der Waals surface area (Å²) in [4.78, 5) is 30.1. The summed E-state index contributed by atoms with van der Waals surface area (Å²) < 4.78 is 18.6. The summed E-state index contributed by atoms with van der Waals surface area (Å²) >= 11 is 0. The first-order valence-corrected chi connectivity index (χ1v) is 13.3. The molecule has 1 aliphatic carbocycles. The molecule has 9 heteroatoms. The van der Waals surface area contributed by atoms with Crippen LogP contribution in [-0.4, -0.2) is 32.9 Å². The number of nitrogens with two attached hydrogens (primary N) is 1. The predicted molar refractivity (Wildman–Crippen MR) is 145 cm³/mol. The lowest BCUT2D eigenvalue weighted by molar-refractivity contribution is -0.177. The number of nitrogen functional groups attached to an aromatic ring is 1. The van der Waals surface area contributed by atoms with Gasteiger partial charge in [0.25, 0.3) is 0 Å². The van der Waals surface area contributed by atoms with E-state index in [9.17, 15) is 19.8 Å². The maximum absolute atomic E-state index is 13.1. The number of fused-ring (bicyclic) bond motifs is 2. The number of rotatable bonds is 6. The van der Waals surface area contributed by atoms with Crippen molar-refractivity contribution in [2.75, 3.05) is 5.73 Å². The summed E-state index contributed by atoms with van der Waals surface area (Å²) in [6, 6.07) is 6.47. The molecule has 4 N–H and O–H groups in total. The first kappa shape index (κ1) is 26.7. The van der Waals surface area contributed by atoms with Gasteiger partial charge in [0.1, 0.15) is 52.4 Å². The van der Waals surface area contributed by atoms with Gasteiger partial charge in [-0.15, -0.1) is 0 Å². The van der Waals surface area contributed by atoms with Gasteiger partial charge in [-0.25, -0.2) is 9.78 Å². The molecule has 1 fully saturated rings. The van der Waals surface area contributed by atoms with E-state index in [0.29, 0.717) is 29.1 Å². The van der Waals surface area contributed by atoms with Crippen molar-refractivity contribution in [1.82, 2.24) is 4.98 Å². The molecular weight excluding hydrogens is 500 g/mol. The number of nitrogens with zero attached hydrogens (tertiary/aromatic N) is 1. The number of aromatic nitrogens is 1. The van der Waals surface area contributed by atoms with Gasteiger partial charge in [0.15, 0.2) is 5.43 Å². The van der Waals surface area contributed by atoms with E-state index in [1.165, 1.54) is 0 Å². The van der Waals surface area contributed by atoms with E-state index < -0.39 is 35.1 Å². The van der Waals surface area contributed by atoms with Gasteiger partial charge in [-0.1, -0.05) is 25.0 Å². The lowest BCUT2D eigenvalue weighted by Gasteiger charge is -2.52. The molecule has 5 rings (SSSR count). The number of ether oxygens (including phenoxy) is 2. The predicted octanol–water partition coefficient (Wildman–Crippen LogP) is 4.34. The highest BCUT2D eigenvalue weighted by Crippen LogP contribution is 2.56. The molecule has 9 nitrogen and oxygen atoms in total. The Morgan fingerprint density at radius 1 is 1.28 bits per heavy atom. The Morgan fingerprint density at radius 2 is 2.03 bits per heavy atom. The molecule has 3 aromatic rings. The zero-order valence-electron chi connectivity index (χ0n) is 22.5. The van der Waals surface area contributed by atoms with Crippen LogP contribution < -0.4 is 15.9 Å². The van der Waals surface area contributed by atoms with Crippen LogP contribution in [0, 0.1) is 5.41 Å². The van der Waals surface area contributed by atoms with Crippen LogP contribution in [0.4, 0.5) is 5.82 Å². The molecule has 2 unspecified atom stereocenters. The zero-order chi connectivity index (χ0) is 27.9. The van der Waals surface area contributed by atoms with E-state index in [2.05, 4.69) is 4.98 Å². The number of aliphatic hydroxyl groups excluding tert-OH is 1. The van der Waals surface area contributed by atoms with Gasteiger partial charge in [-0.05, 0) is 51.7 Å². The molecule has 1 saturated carbocycles. The number of hydrogen-bond acceptors (Lipinski definition) is 9. The molecule has 0 bridgehead atoms. The average molecular weight is 535 g/mol. The Balaban J connectivity index is 1.67. The molecule has 39 heavy (non-hydrogen) atoms. The Morgan fingerprint density at radius 3 is 2.67 bits per heavy atom. The van der Waals surface area contributed by atoms with Crippen molar-refractivity contribution in [3.63, 3.8) is 0 Å². The van der Waals surface area contributed by atoms with Gasteiger partial charge in [-0.2, -0.15) is 0 Å². The van der Waals surface area contributed by atoms with Crippen molar-refractivity contribution < 1.29 is 28.9 Å². The maximum Gasteiger partial charge on any atom is 0.333 e. The highest BCUT2D eigenvalue weighted by atomic mass is 16.6. The second kappa shape index (κ2) is 10.0. The number of benzene rings is 1. The summed E-state index contributed by atoms with van der Waals surface area (Å²) in [6.07, 6.45) is 7.14. The lowest BCUT2D eigenvalue weighted by Crippen LogP contribution is -2.61. The molecule has 0 saturated heterocycles. The van der Waals surface area contributed by atoms with E-state index in [1.807, 2.05) is 13.0 Å².